The van der Waals surface area contributed by atoms with Gasteiger partial charge >= 0.3 is 12.1 Å². The Bertz CT molecular complexity index is 434. The van der Waals surface area contributed by atoms with Gasteiger partial charge in [0.25, 0.3) is 0 Å². The molecule has 0 saturated carbocycles. The second-order valence-electron chi connectivity index (χ2n) is 4.13. The second-order valence-corrected chi connectivity index (χ2v) is 4.13. The summed E-state index contributed by atoms with van der Waals surface area (Å²) in [5.74, 6) is -0.803. The summed E-state index contributed by atoms with van der Waals surface area (Å²) in [5.41, 5.74) is 0.872. The third-order valence-electron chi connectivity index (χ3n) is 2.70. The molecule has 1 aromatic carbocycles. The van der Waals surface area contributed by atoms with Gasteiger partial charge in [-0.05, 0) is 18.9 Å². The average Bonchev–Trinajstić information content (AvgIpc) is 2.46. The Morgan fingerprint density at radius 2 is 1.95 bits per heavy atom. The Morgan fingerprint density at radius 1 is 1.30 bits per heavy atom. The number of alkyl carbamates (subject to hydrolysis) is 1. The Balaban J connectivity index is 2.78. The van der Waals surface area contributed by atoms with Crippen LogP contribution in [0.1, 0.15) is 12.5 Å². The number of amides is 1. The molecule has 0 fully saturated rings. The highest BCUT2D eigenvalue weighted by Gasteiger charge is 2.29. The zero-order valence-corrected chi connectivity index (χ0v) is 11.5. The van der Waals surface area contributed by atoms with Crippen molar-refractivity contribution >= 4 is 12.1 Å². The van der Waals surface area contributed by atoms with Crippen molar-refractivity contribution in [3.63, 3.8) is 0 Å². The minimum absolute atomic E-state index is 0.207. The van der Waals surface area contributed by atoms with Gasteiger partial charge in [0, 0.05) is 0 Å². The van der Waals surface area contributed by atoms with Crippen molar-refractivity contribution < 1.29 is 24.2 Å². The summed E-state index contributed by atoms with van der Waals surface area (Å²) in [6.07, 6.45) is -1.85. The lowest BCUT2D eigenvalue weighted by Crippen LogP contribution is -2.48. The molecule has 2 N–H and O–H groups in total. The molecule has 0 radical (unpaired) electrons. The second kappa shape index (κ2) is 8.16. The number of ether oxygens (including phenoxy) is 2. The van der Waals surface area contributed by atoms with E-state index in [1.807, 2.05) is 30.3 Å². The van der Waals surface area contributed by atoms with Crippen molar-refractivity contribution in [1.29, 1.82) is 0 Å². The molecule has 2 atom stereocenters. The summed E-state index contributed by atoms with van der Waals surface area (Å²) in [6, 6.07) is 8.38. The van der Waals surface area contributed by atoms with Crippen molar-refractivity contribution in [1.82, 2.24) is 5.32 Å². The molecular formula is C14H19NO5. The Morgan fingerprint density at radius 3 is 2.50 bits per heavy atom. The van der Waals surface area contributed by atoms with Crippen LogP contribution in [0.25, 0.3) is 0 Å². The van der Waals surface area contributed by atoms with Crippen molar-refractivity contribution in [3.05, 3.63) is 35.9 Å². The van der Waals surface area contributed by atoms with Gasteiger partial charge in [-0.1, -0.05) is 30.3 Å². The van der Waals surface area contributed by atoms with Crippen LogP contribution in [-0.4, -0.2) is 43.0 Å². The lowest BCUT2D eigenvalue weighted by atomic mass is 10.0. The van der Waals surface area contributed by atoms with Gasteiger partial charge in [0.05, 0.1) is 19.8 Å². The van der Waals surface area contributed by atoms with E-state index in [4.69, 9.17) is 4.74 Å². The largest absolute Gasteiger partial charge is 0.467 e. The molecule has 0 saturated heterocycles. The molecule has 0 spiro atoms. The minimum atomic E-state index is -1.45. The lowest BCUT2D eigenvalue weighted by molar-refractivity contribution is -0.151. The maximum absolute atomic E-state index is 11.5. The van der Waals surface area contributed by atoms with Crippen LogP contribution in [0.15, 0.2) is 30.3 Å². The van der Waals surface area contributed by atoms with Crippen LogP contribution in [0.4, 0.5) is 4.79 Å². The summed E-state index contributed by atoms with van der Waals surface area (Å²) < 4.78 is 9.25. The number of hydrogen-bond acceptors (Lipinski definition) is 5. The van der Waals surface area contributed by atoms with E-state index in [1.165, 1.54) is 7.11 Å². The highest BCUT2D eigenvalue weighted by Crippen LogP contribution is 2.08. The zero-order chi connectivity index (χ0) is 15.0. The summed E-state index contributed by atoms with van der Waals surface area (Å²) >= 11 is 0. The van der Waals surface area contributed by atoms with E-state index < -0.39 is 24.2 Å². The van der Waals surface area contributed by atoms with Crippen molar-refractivity contribution in [2.75, 3.05) is 13.7 Å². The molecule has 6 heteroatoms. The van der Waals surface area contributed by atoms with Crippen molar-refractivity contribution in [3.8, 4) is 0 Å². The fraction of sp³-hybridized carbons (Fsp3) is 0.429. The summed E-state index contributed by atoms with van der Waals surface area (Å²) in [5, 5.41) is 12.4. The number of rotatable bonds is 6. The van der Waals surface area contributed by atoms with E-state index in [0.717, 1.165) is 5.56 Å². The van der Waals surface area contributed by atoms with E-state index in [1.54, 1.807) is 6.92 Å². The molecule has 0 aliphatic heterocycles. The fourth-order valence-electron chi connectivity index (χ4n) is 1.72. The highest BCUT2D eigenvalue weighted by atomic mass is 16.6. The van der Waals surface area contributed by atoms with E-state index in [-0.39, 0.29) is 13.0 Å². The van der Waals surface area contributed by atoms with Crippen molar-refractivity contribution in [2.24, 2.45) is 0 Å². The number of hydrogen-bond donors (Lipinski definition) is 2. The molecule has 20 heavy (non-hydrogen) atoms. The maximum atomic E-state index is 11.5. The maximum Gasteiger partial charge on any atom is 0.407 e. The highest BCUT2D eigenvalue weighted by molar-refractivity contribution is 5.77. The summed E-state index contributed by atoms with van der Waals surface area (Å²) in [4.78, 5) is 22.9. The first-order chi connectivity index (χ1) is 9.58. The predicted molar refractivity (Wildman–Crippen MR) is 72.1 cm³/mol. The third-order valence-corrected chi connectivity index (χ3v) is 2.70. The minimum Gasteiger partial charge on any atom is -0.467 e. The number of carbonyl (C=O) groups is 2. The Hall–Kier alpha value is -2.08. The molecule has 0 aromatic heterocycles. The van der Waals surface area contributed by atoms with Gasteiger partial charge < -0.3 is 19.9 Å². The predicted octanol–water partition coefficient (Wildman–Crippen LogP) is 0.878. The molecule has 6 nitrogen and oxygen atoms in total. The van der Waals surface area contributed by atoms with Crippen LogP contribution >= 0.6 is 0 Å². The topological polar surface area (TPSA) is 84.9 Å². The standard InChI is InChI=1S/C14H19NO5/c1-3-20-14(18)15-11(12(16)13(17)19-2)9-10-7-5-4-6-8-10/h4-8,11-12,16H,3,9H2,1-2H3,(H,15,18)/t11-,12+/m1/s1. The van der Waals surface area contributed by atoms with Gasteiger partial charge in [0.15, 0.2) is 6.10 Å². The lowest BCUT2D eigenvalue weighted by Gasteiger charge is -2.22. The molecule has 1 amide bonds. The smallest absolute Gasteiger partial charge is 0.407 e. The van der Waals surface area contributed by atoms with Gasteiger partial charge in [-0.2, -0.15) is 0 Å². The first-order valence-corrected chi connectivity index (χ1v) is 6.31. The first kappa shape index (κ1) is 16.0. The number of carbonyl (C=O) groups excluding carboxylic acids is 2. The third kappa shape index (κ3) is 4.89. The molecular weight excluding hydrogens is 262 g/mol. The van der Waals surface area contributed by atoms with E-state index >= 15 is 0 Å². The van der Waals surface area contributed by atoms with Crippen LogP contribution in [0, 0.1) is 0 Å². The quantitative estimate of drug-likeness (QED) is 0.756. The number of aliphatic hydroxyl groups is 1. The van der Waals surface area contributed by atoms with Gasteiger partial charge in [0.2, 0.25) is 0 Å². The van der Waals surface area contributed by atoms with Crippen LogP contribution in [0.2, 0.25) is 0 Å². The number of esters is 1. The van der Waals surface area contributed by atoms with Gasteiger partial charge in [0.1, 0.15) is 0 Å². The molecule has 0 heterocycles. The van der Waals surface area contributed by atoms with Crippen LogP contribution in [-0.2, 0) is 20.7 Å². The van der Waals surface area contributed by atoms with E-state index in [9.17, 15) is 14.7 Å². The van der Waals surface area contributed by atoms with Gasteiger partial charge in [-0.3, -0.25) is 0 Å². The van der Waals surface area contributed by atoms with Crippen LogP contribution in [0.3, 0.4) is 0 Å². The Kier molecular flexibility index (Phi) is 6.52. The average molecular weight is 281 g/mol. The first-order valence-electron chi connectivity index (χ1n) is 6.31. The van der Waals surface area contributed by atoms with E-state index in [2.05, 4.69) is 10.1 Å². The van der Waals surface area contributed by atoms with Crippen molar-refractivity contribution in [2.45, 2.75) is 25.5 Å². The molecule has 0 aliphatic carbocycles. The molecule has 1 aromatic rings. The zero-order valence-electron chi connectivity index (χ0n) is 11.5. The number of nitrogens with one attached hydrogen (secondary N) is 1. The number of aliphatic hydroxyl groups excluding tert-OH is 1. The normalized spacial score (nSPS) is 13.2. The molecule has 0 unspecified atom stereocenters. The molecule has 110 valence electrons. The fourth-order valence-corrected chi connectivity index (χ4v) is 1.72. The van der Waals surface area contributed by atoms with E-state index in [0.29, 0.717) is 0 Å². The summed E-state index contributed by atoms with van der Waals surface area (Å²) in [7, 11) is 1.18. The van der Waals surface area contributed by atoms with Gasteiger partial charge in [-0.15, -0.1) is 0 Å². The summed E-state index contributed by atoms with van der Waals surface area (Å²) in [6.45, 7) is 1.88. The SMILES string of the molecule is CCOC(=O)N[C@H](Cc1ccccc1)[C@H](O)C(=O)OC. The number of benzene rings is 1. The number of methoxy groups -OCH3 is 1. The molecule has 1 rings (SSSR count). The molecule has 0 aliphatic rings. The van der Waals surface area contributed by atoms with Gasteiger partial charge in [-0.25, -0.2) is 9.59 Å². The van der Waals surface area contributed by atoms with Crippen LogP contribution in [0.5, 0.6) is 0 Å². The molecule has 0 bridgehead atoms. The van der Waals surface area contributed by atoms with Crippen LogP contribution < -0.4 is 5.32 Å². The monoisotopic (exact) mass is 281 g/mol. The Labute approximate surface area is 117 Å².